The van der Waals surface area contributed by atoms with Crippen LogP contribution >= 0.6 is 0 Å². The molecule has 0 fully saturated rings. The molecule has 380 valence electrons. The predicted octanol–water partition coefficient (Wildman–Crippen LogP) is 3.23. The van der Waals surface area contributed by atoms with Gasteiger partial charge in [-0.15, -0.1) is 0 Å². The summed E-state index contributed by atoms with van der Waals surface area (Å²) in [6, 6.07) is 5.67. The summed E-state index contributed by atoms with van der Waals surface area (Å²) in [6.07, 6.45) is 3.39. The first kappa shape index (κ1) is 60.6. The van der Waals surface area contributed by atoms with Gasteiger partial charge < -0.3 is 90.0 Å². The van der Waals surface area contributed by atoms with Gasteiger partial charge in [0.2, 0.25) is 0 Å². The Hall–Kier alpha value is -2.38. The topological polar surface area (TPSA) is 175 Å². The van der Waals surface area contributed by atoms with E-state index < -0.39 is 0 Å². The van der Waals surface area contributed by atoms with Crippen LogP contribution in [0.25, 0.3) is 0 Å². The minimum absolute atomic E-state index is 0.411. The molecule has 0 heterocycles. The molecule has 19 nitrogen and oxygen atoms in total. The molecule has 1 aromatic rings. The van der Waals surface area contributed by atoms with Gasteiger partial charge in [0, 0.05) is 13.2 Å². The molecule has 0 N–H and O–H groups in total. The van der Waals surface area contributed by atoms with Crippen molar-refractivity contribution in [2.24, 2.45) is 0 Å². The summed E-state index contributed by atoms with van der Waals surface area (Å²) in [5, 5.41) is 0. The molecule has 0 radical (unpaired) electrons. The third-order valence-corrected chi connectivity index (χ3v) is 7.96. The van der Waals surface area contributed by atoms with Gasteiger partial charge >= 0.3 is 0 Å². The average molecular weight is 939 g/mol. The van der Waals surface area contributed by atoms with Gasteiger partial charge in [0.1, 0.15) is 24.7 Å². The van der Waals surface area contributed by atoms with Crippen LogP contribution in [0.2, 0.25) is 0 Å². The van der Waals surface area contributed by atoms with E-state index in [1.54, 1.807) is 19.3 Å². The van der Waals surface area contributed by atoms with Gasteiger partial charge in [-0.1, -0.05) is 25.3 Å². The van der Waals surface area contributed by atoms with Crippen molar-refractivity contribution < 1.29 is 90.0 Å². The molecule has 0 aliphatic heterocycles. The summed E-state index contributed by atoms with van der Waals surface area (Å²) in [4.78, 5) is 0. The number of ether oxygens (including phenoxy) is 19. The summed E-state index contributed by atoms with van der Waals surface area (Å²) in [7, 11) is 1.64. The zero-order valence-electron chi connectivity index (χ0n) is 39.3. The van der Waals surface area contributed by atoms with Crippen LogP contribution in [0.1, 0.15) is 5.56 Å². The second-order valence-electron chi connectivity index (χ2n) is 13.2. The summed E-state index contributed by atoms with van der Waals surface area (Å²) in [5.74, 6) is 1.39. The van der Waals surface area contributed by atoms with Crippen molar-refractivity contribution in [3.05, 3.63) is 49.1 Å². The summed E-state index contributed by atoms with van der Waals surface area (Å²) in [6.45, 7) is 24.7. The SMILES string of the molecule is C=CCOc1cc(COCCOCCOCCOCCOCCOCCOCCOCCOCCOCCOCCOCCOCCOCCOCCOCCOC)cc(OCC=C)c1. The number of rotatable bonds is 56. The molecule has 0 saturated carbocycles. The average Bonchev–Trinajstić information content (AvgIpc) is 3.32. The fourth-order valence-corrected chi connectivity index (χ4v) is 4.82. The van der Waals surface area contributed by atoms with E-state index in [-0.39, 0.29) is 0 Å². The lowest BCUT2D eigenvalue weighted by atomic mass is 10.2. The monoisotopic (exact) mass is 939 g/mol. The van der Waals surface area contributed by atoms with Gasteiger partial charge in [-0.05, 0) is 17.7 Å². The first-order valence-electron chi connectivity index (χ1n) is 22.6. The van der Waals surface area contributed by atoms with E-state index in [2.05, 4.69) is 13.2 Å². The number of benzene rings is 1. The van der Waals surface area contributed by atoms with Gasteiger partial charge in [0.25, 0.3) is 0 Å². The normalized spacial score (nSPS) is 11.4. The first-order chi connectivity index (χ1) is 32.3. The summed E-state index contributed by atoms with van der Waals surface area (Å²) >= 11 is 0. The van der Waals surface area contributed by atoms with Crippen molar-refractivity contribution in [3.63, 3.8) is 0 Å². The van der Waals surface area contributed by atoms with Crippen LogP contribution in [0, 0.1) is 0 Å². The number of methoxy groups -OCH3 is 1. The largest absolute Gasteiger partial charge is 0.489 e. The second kappa shape index (κ2) is 52.6. The fraction of sp³-hybridized carbons (Fsp3) is 0.783. The van der Waals surface area contributed by atoms with Crippen LogP contribution in [-0.2, 0) is 87.1 Å². The van der Waals surface area contributed by atoms with E-state index >= 15 is 0 Å². The zero-order chi connectivity index (χ0) is 46.5. The highest BCUT2D eigenvalue weighted by Gasteiger charge is 2.05. The van der Waals surface area contributed by atoms with Gasteiger partial charge in [0.15, 0.2) is 0 Å². The van der Waals surface area contributed by atoms with Gasteiger partial charge in [-0.3, -0.25) is 0 Å². The van der Waals surface area contributed by atoms with E-state index in [4.69, 9.17) is 90.0 Å². The lowest BCUT2D eigenvalue weighted by Crippen LogP contribution is -2.16. The van der Waals surface area contributed by atoms with Crippen molar-refractivity contribution in [1.29, 1.82) is 0 Å². The summed E-state index contributed by atoms with van der Waals surface area (Å²) < 4.78 is 104. The Bertz CT molecular complexity index is 1090. The Morgan fingerprint density at radius 3 is 0.692 bits per heavy atom. The molecule has 0 aliphatic carbocycles. The molecule has 0 bridgehead atoms. The fourth-order valence-electron chi connectivity index (χ4n) is 4.82. The number of hydrogen-bond donors (Lipinski definition) is 0. The minimum Gasteiger partial charge on any atom is -0.489 e. The minimum atomic E-state index is 0.411. The lowest BCUT2D eigenvalue weighted by Gasteiger charge is -2.11. The van der Waals surface area contributed by atoms with Crippen LogP contribution in [-0.4, -0.2) is 232 Å². The summed E-state index contributed by atoms with van der Waals surface area (Å²) in [5.41, 5.74) is 0.942. The molecule has 0 aromatic heterocycles. The lowest BCUT2D eigenvalue weighted by molar-refractivity contribution is -0.0306. The van der Waals surface area contributed by atoms with E-state index in [9.17, 15) is 0 Å². The Morgan fingerprint density at radius 1 is 0.292 bits per heavy atom. The predicted molar refractivity (Wildman–Crippen MR) is 242 cm³/mol. The number of hydrogen-bond acceptors (Lipinski definition) is 19. The Labute approximate surface area is 388 Å². The standard InChI is InChI=1S/C46H82O19/c1-4-6-64-45-40-44(41-46(42-45)65-7-5-2)43-63-39-38-62-37-36-61-35-34-60-33-32-59-31-30-58-29-28-57-27-26-56-25-24-55-23-22-54-21-20-53-19-18-52-17-16-51-15-14-50-13-12-49-11-10-48-9-8-47-3/h4-5,40-42H,1-2,6-39,43H2,3H3. The smallest absolute Gasteiger partial charge is 0.123 e. The highest BCUT2D eigenvalue weighted by molar-refractivity contribution is 5.38. The molecular weight excluding hydrogens is 856 g/mol. The first-order valence-corrected chi connectivity index (χ1v) is 22.6. The van der Waals surface area contributed by atoms with Gasteiger partial charge in [-0.2, -0.15) is 0 Å². The molecule has 0 saturated heterocycles. The second-order valence-corrected chi connectivity index (χ2v) is 13.2. The van der Waals surface area contributed by atoms with Gasteiger partial charge in [-0.25, -0.2) is 0 Å². The van der Waals surface area contributed by atoms with E-state index in [0.717, 1.165) is 5.56 Å². The molecule has 0 unspecified atom stereocenters. The maximum Gasteiger partial charge on any atom is 0.123 e. The van der Waals surface area contributed by atoms with Crippen molar-refractivity contribution in [2.45, 2.75) is 6.61 Å². The molecule has 19 heteroatoms. The van der Waals surface area contributed by atoms with Crippen molar-refractivity contribution in [1.82, 2.24) is 0 Å². The third kappa shape index (κ3) is 46.5. The van der Waals surface area contributed by atoms with Crippen molar-refractivity contribution in [2.75, 3.05) is 232 Å². The maximum absolute atomic E-state index is 5.74. The molecule has 0 amide bonds. The molecule has 65 heavy (non-hydrogen) atoms. The van der Waals surface area contributed by atoms with Crippen LogP contribution < -0.4 is 9.47 Å². The van der Waals surface area contributed by atoms with Crippen LogP contribution in [0.3, 0.4) is 0 Å². The highest BCUT2D eigenvalue weighted by atomic mass is 16.6. The highest BCUT2D eigenvalue weighted by Crippen LogP contribution is 2.24. The molecular formula is C46H82O19. The van der Waals surface area contributed by atoms with Crippen molar-refractivity contribution in [3.8, 4) is 11.5 Å². The Kier molecular flexibility index (Phi) is 49.1. The molecule has 1 rings (SSSR count). The Morgan fingerprint density at radius 2 is 0.492 bits per heavy atom. The van der Waals surface area contributed by atoms with Crippen molar-refractivity contribution >= 4 is 0 Å². The quantitative estimate of drug-likeness (QED) is 0.0687. The molecule has 0 aliphatic rings. The van der Waals surface area contributed by atoms with Crippen LogP contribution in [0.4, 0.5) is 0 Å². The van der Waals surface area contributed by atoms with Crippen LogP contribution in [0.15, 0.2) is 43.5 Å². The van der Waals surface area contributed by atoms with Gasteiger partial charge in [0.05, 0.1) is 218 Å². The van der Waals surface area contributed by atoms with E-state index in [1.165, 1.54) is 0 Å². The third-order valence-electron chi connectivity index (χ3n) is 7.96. The molecule has 0 spiro atoms. The van der Waals surface area contributed by atoms with E-state index in [1.807, 2.05) is 18.2 Å². The molecule has 1 aromatic carbocycles. The van der Waals surface area contributed by atoms with E-state index in [0.29, 0.717) is 243 Å². The van der Waals surface area contributed by atoms with Crippen LogP contribution in [0.5, 0.6) is 11.5 Å². The molecule has 0 atom stereocenters. The maximum atomic E-state index is 5.74. The Balaban J connectivity index is 1.68. The zero-order valence-corrected chi connectivity index (χ0v) is 39.3.